The molecule has 0 bridgehead atoms. The lowest BCUT2D eigenvalue weighted by molar-refractivity contribution is -0.122. The van der Waals surface area contributed by atoms with Crippen LogP contribution in [0.15, 0.2) is 42.5 Å². The summed E-state index contributed by atoms with van der Waals surface area (Å²) in [5.41, 5.74) is 3.76. The first-order valence-electron chi connectivity index (χ1n) is 7.88. The molecule has 2 aromatic rings. The molecule has 4 nitrogen and oxygen atoms in total. The van der Waals surface area contributed by atoms with Crippen LogP contribution in [-0.2, 0) is 9.59 Å². The van der Waals surface area contributed by atoms with Crippen LogP contribution in [0.1, 0.15) is 17.5 Å². The fourth-order valence-electron chi connectivity index (χ4n) is 3.00. The van der Waals surface area contributed by atoms with Gasteiger partial charge in [-0.05, 0) is 49.7 Å². The van der Waals surface area contributed by atoms with Gasteiger partial charge in [-0.15, -0.1) is 0 Å². The van der Waals surface area contributed by atoms with Crippen molar-refractivity contribution >= 4 is 34.8 Å². The van der Waals surface area contributed by atoms with Crippen molar-refractivity contribution in [1.29, 1.82) is 0 Å². The maximum absolute atomic E-state index is 12.4. The van der Waals surface area contributed by atoms with E-state index in [-0.39, 0.29) is 24.2 Å². The standard InChI is InChI=1S/C19H19ClN2O2/c1-12-3-8-17(13(2)9-12)22-11-14(10-18(22)23)19(24)21-16-6-4-15(20)5-7-16/h3-9,14H,10-11H2,1-2H3,(H,21,24)/t14-/m1/s1. The number of anilines is 2. The second kappa shape index (κ2) is 6.65. The lowest BCUT2D eigenvalue weighted by Gasteiger charge is -2.19. The minimum Gasteiger partial charge on any atom is -0.326 e. The molecule has 24 heavy (non-hydrogen) atoms. The van der Waals surface area contributed by atoms with E-state index >= 15 is 0 Å². The van der Waals surface area contributed by atoms with Gasteiger partial charge in [0.2, 0.25) is 11.8 Å². The highest BCUT2D eigenvalue weighted by Gasteiger charge is 2.35. The fourth-order valence-corrected chi connectivity index (χ4v) is 3.13. The van der Waals surface area contributed by atoms with Gasteiger partial charge in [0.25, 0.3) is 0 Å². The van der Waals surface area contributed by atoms with E-state index in [0.717, 1.165) is 16.8 Å². The molecular formula is C19H19ClN2O2. The zero-order chi connectivity index (χ0) is 17.3. The van der Waals surface area contributed by atoms with E-state index in [4.69, 9.17) is 11.6 Å². The minimum atomic E-state index is -0.353. The highest BCUT2D eigenvalue weighted by molar-refractivity contribution is 6.30. The van der Waals surface area contributed by atoms with Crippen LogP contribution < -0.4 is 10.2 Å². The van der Waals surface area contributed by atoms with E-state index in [9.17, 15) is 9.59 Å². The Hall–Kier alpha value is -2.33. The van der Waals surface area contributed by atoms with Crippen molar-refractivity contribution in [2.24, 2.45) is 5.92 Å². The molecule has 2 aromatic carbocycles. The van der Waals surface area contributed by atoms with E-state index in [1.165, 1.54) is 0 Å². The van der Waals surface area contributed by atoms with Crippen molar-refractivity contribution in [2.45, 2.75) is 20.3 Å². The molecule has 2 amide bonds. The first kappa shape index (κ1) is 16.5. The number of aryl methyl sites for hydroxylation is 2. The predicted octanol–water partition coefficient (Wildman–Crippen LogP) is 3.95. The van der Waals surface area contributed by atoms with Crippen molar-refractivity contribution in [3.63, 3.8) is 0 Å². The Kier molecular flexibility index (Phi) is 4.58. The molecule has 1 heterocycles. The minimum absolute atomic E-state index is 0.0155. The third-order valence-electron chi connectivity index (χ3n) is 4.25. The first-order chi connectivity index (χ1) is 11.4. The number of rotatable bonds is 3. The summed E-state index contributed by atoms with van der Waals surface area (Å²) >= 11 is 5.84. The maximum Gasteiger partial charge on any atom is 0.229 e. The van der Waals surface area contributed by atoms with Gasteiger partial charge in [-0.25, -0.2) is 0 Å². The molecule has 0 aliphatic carbocycles. The Morgan fingerprint density at radius 2 is 1.88 bits per heavy atom. The molecule has 0 saturated carbocycles. The smallest absolute Gasteiger partial charge is 0.229 e. The quantitative estimate of drug-likeness (QED) is 0.918. The van der Waals surface area contributed by atoms with Gasteiger partial charge < -0.3 is 10.2 Å². The van der Waals surface area contributed by atoms with Crippen molar-refractivity contribution in [3.05, 3.63) is 58.6 Å². The van der Waals surface area contributed by atoms with Crippen LogP contribution in [0.2, 0.25) is 5.02 Å². The number of nitrogens with zero attached hydrogens (tertiary/aromatic N) is 1. The number of amides is 2. The Morgan fingerprint density at radius 1 is 1.17 bits per heavy atom. The maximum atomic E-state index is 12.4. The van der Waals surface area contributed by atoms with E-state index in [0.29, 0.717) is 17.3 Å². The fraction of sp³-hybridized carbons (Fsp3) is 0.263. The molecule has 1 fully saturated rings. The molecule has 5 heteroatoms. The molecule has 1 atom stereocenters. The second-order valence-corrected chi connectivity index (χ2v) is 6.63. The summed E-state index contributed by atoms with van der Waals surface area (Å²) in [6, 6.07) is 12.9. The van der Waals surface area contributed by atoms with Crippen LogP contribution in [0.5, 0.6) is 0 Å². The van der Waals surface area contributed by atoms with Gasteiger partial charge in [0.1, 0.15) is 0 Å². The van der Waals surface area contributed by atoms with E-state index in [2.05, 4.69) is 5.32 Å². The monoisotopic (exact) mass is 342 g/mol. The van der Waals surface area contributed by atoms with Gasteiger partial charge >= 0.3 is 0 Å². The highest BCUT2D eigenvalue weighted by atomic mass is 35.5. The average Bonchev–Trinajstić information content (AvgIpc) is 2.91. The molecule has 1 aliphatic rings. The molecule has 1 N–H and O–H groups in total. The summed E-state index contributed by atoms with van der Waals surface area (Å²) in [5.74, 6) is -0.509. The second-order valence-electron chi connectivity index (χ2n) is 6.19. The molecule has 3 rings (SSSR count). The van der Waals surface area contributed by atoms with Crippen molar-refractivity contribution < 1.29 is 9.59 Å². The molecule has 0 aromatic heterocycles. The van der Waals surface area contributed by atoms with E-state index in [1.807, 2.05) is 32.0 Å². The lowest BCUT2D eigenvalue weighted by Crippen LogP contribution is -2.28. The Bertz CT molecular complexity index is 786. The van der Waals surface area contributed by atoms with E-state index < -0.39 is 0 Å². The number of nitrogens with one attached hydrogen (secondary N) is 1. The number of hydrogen-bond donors (Lipinski definition) is 1. The summed E-state index contributed by atoms with van der Waals surface area (Å²) in [7, 11) is 0. The van der Waals surface area contributed by atoms with Gasteiger partial charge in [0.05, 0.1) is 5.92 Å². The number of benzene rings is 2. The molecule has 1 saturated heterocycles. The van der Waals surface area contributed by atoms with Crippen molar-refractivity contribution in [3.8, 4) is 0 Å². The third kappa shape index (κ3) is 3.44. The van der Waals surface area contributed by atoms with Crippen molar-refractivity contribution in [2.75, 3.05) is 16.8 Å². The largest absolute Gasteiger partial charge is 0.326 e. The lowest BCUT2D eigenvalue weighted by atomic mass is 10.1. The van der Waals surface area contributed by atoms with Gasteiger partial charge in [0, 0.05) is 29.4 Å². The van der Waals surface area contributed by atoms with Gasteiger partial charge in [-0.1, -0.05) is 29.3 Å². The van der Waals surface area contributed by atoms with Crippen molar-refractivity contribution in [1.82, 2.24) is 0 Å². The van der Waals surface area contributed by atoms with Gasteiger partial charge in [0.15, 0.2) is 0 Å². The molecule has 1 aliphatic heterocycles. The molecule has 0 spiro atoms. The third-order valence-corrected chi connectivity index (χ3v) is 4.50. The number of hydrogen-bond acceptors (Lipinski definition) is 2. The normalized spacial score (nSPS) is 17.2. The predicted molar refractivity (Wildman–Crippen MR) is 96.5 cm³/mol. The summed E-state index contributed by atoms with van der Waals surface area (Å²) in [4.78, 5) is 26.5. The molecule has 0 radical (unpaired) electrons. The first-order valence-corrected chi connectivity index (χ1v) is 8.26. The van der Waals surface area contributed by atoms with Crippen LogP contribution in [-0.4, -0.2) is 18.4 Å². The van der Waals surface area contributed by atoms with Gasteiger partial charge in [-0.2, -0.15) is 0 Å². The van der Waals surface area contributed by atoms with Crippen LogP contribution in [0.3, 0.4) is 0 Å². The average molecular weight is 343 g/mol. The van der Waals surface area contributed by atoms with Crippen LogP contribution in [0.25, 0.3) is 0 Å². The topological polar surface area (TPSA) is 49.4 Å². The Labute approximate surface area is 146 Å². The number of carbonyl (C=O) groups is 2. The highest BCUT2D eigenvalue weighted by Crippen LogP contribution is 2.29. The Morgan fingerprint density at radius 3 is 2.54 bits per heavy atom. The van der Waals surface area contributed by atoms with Gasteiger partial charge in [-0.3, -0.25) is 9.59 Å². The van der Waals surface area contributed by atoms with Crippen LogP contribution in [0, 0.1) is 19.8 Å². The zero-order valence-corrected chi connectivity index (χ0v) is 14.4. The summed E-state index contributed by atoms with van der Waals surface area (Å²) in [5, 5.41) is 3.47. The SMILES string of the molecule is Cc1ccc(N2C[C@H](C(=O)Nc3ccc(Cl)cc3)CC2=O)c(C)c1. The van der Waals surface area contributed by atoms with Crippen LogP contribution >= 0.6 is 11.6 Å². The Balaban J connectivity index is 1.72. The van der Waals surface area contributed by atoms with Crippen LogP contribution in [0.4, 0.5) is 11.4 Å². The summed E-state index contributed by atoms with van der Waals surface area (Å²) in [6.45, 7) is 4.41. The molecular weight excluding hydrogens is 324 g/mol. The molecule has 0 unspecified atom stereocenters. The summed E-state index contributed by atoms with van der Waals surface area (Å²) in [6.07, 6.45) is 0.229. The molecule has 124 valence electrons. The number of halogens is 1. The number of carbonyl (C=O) groups excluding carboxylic acids is 2. The summed E-state index contributed by atoms with van der Waals surface area (Å²) < 4.78 is 0. The van der Waals surface area contributed by atoms with E-state index in [1.54, 1.807) is 29.2 Å². The zero-order valence-electron chi connectivity index (χ0n) is 13.7.